The van der Waals surface area contributed by atoms with E-state index in [0.29, 0.717) is 46.8 Å². The number of anilines is 2. The minimum absolute atomic E-state index is 0.0513. The summed E-state index contributed by atoms with van der Waals surface area (Å²) in [5.41, 5.74) is 1.26. The molecule has 0 aliphatic carbocycles. The molecule has 3 heterocycles. The van der Waals surface area contributed by atoms with Gasteiger partial charge in [-0.1, -0.05) is 12.1 Å². The van der Waals surface area contributed by atoms with Crippen LogP contribution in [0, 0.1) is 23.0 Å². The van der Waals surface area contributed by atoms with Gasteiger partial charge in [0.25, 0.3) is 11.5 Å². The van der Waals surface area contributed by atoms with Gasteiger partial charge in [-0.25, -0.2) is 8.78 Å². The Hall–Kier alpha value is -4.99. The van der Waals surface area contributed by atoms with E-state index in [9.17, 15) is 23.6 Å². The maximum Gasteiger partial charge on any atom is 0.276 e. The van der Waals surface area contributed by atoms with Gasteiger partial charge in [-0.3, -0.25) is 14.6 Å². The number of amides is 1. The number of aromatic nitrogens is 3. The molecule has 3 N–H and O–H groups in total. The summed E-state index contributed by atoms with van der Waals surface area (Å²) in [6.45, 7) is 1.87. The number of hydrogen-bond acceptors (Lipinski definition) is 8. The molecule has 1 fully saturated rings. The number of nitrogens with zero attached hydrogens (tertiary/aromatic N) is 5. The molecule has 0 saturated carbocycles. The molecule has 42 heavy (non-hydrogen) atoms. The molecule has 0 radical (unpaired) electrons. The number of para-hydroxylation sites is 1. The molecule has 2 aromatic carbocycles. The summed E-state index contributed by atoms with van der Waals surface area (Å²) in [5.74, 6) is -2.68. The van der Waals surface area contributed by atoms with Gasteiger partial charge in [0.15, 0.2) is 11.6 Å². The summed E-state index contributed by atoms with van der Waals surface area (Å²) in [5, 5.41) is 28.9. The number of benzene rings is 2. The summed E-state index contributed by atoms with van der Waals surface area (Å²) >= 11 is 0. The highest BCUT2D eigenvalue weighted by atomic mass is 19.1. The second kappa shape index (κ2) is 12.7. The summed E-state index contributed by atoms with van der Waals surface area (Å²) in [6, 6.07) is 14.7. The highest BCUT2D eigenvalue weighted by molar-refractivity contribution is 6.05. The van der Waals surface area contributed by atoms with E-state index in [1.807, 2.05) is 6.07 Å². The van der Waals surface area contributed by atoms with E-state index in [0.717, 1.165) is 42.7 Å². The number of rotatable bonds is 8. The molecule has 1 aliphatic rings. The molecule has 1 saturated heterocycles. The topological polar surface area (TPSA) is 136 Å². The van der Waals surface area contributed by atoms with Crippen molar-refractivity contribution in [3.63, 3.8) is 0 Å². The van der Waals surface area contributed by atoms with Gasteiger partial charge in [0.1, 0.15) is 11.4 Å². The standard InChI is InChI=1S/C30H27F2N7O3/c31-23-2-1-3-24(32)29(23)39-28(41)7-6-26(37-39)30(42)36-25-5-4-19(22-18-34-11-8-20(22)17-33)16-27(25)38-13-9-21(10-14-38)35-12-15-40/h1-8,11,16,18,21,35,40H,9-10,12-15H2,(H,36,42). The zero-order chi connectivity index (χ0) is 29.6. The first-order chi connectivity index (χ1) is 20.4. The molecule has 4 aromatic rings. The molecule has 0 atom stereocenters. The van der Waals surface area contributed by atoms with Gasteiger partial charge in [0.05, 0.1) is 29.6 Å². The molecule has 0 bridgehead atoms. The van der Waals surface area contributed by atoms with Crippen molar-refractivity contribution in [1.82, 2.24) is 20.1 Å². The Kier molecular flexibility index (Phi) is 8.61. The third-order valence-electron chi connectivity index (χ3n) is 7.06. The molecule has 1 amide bonds. The summed E-state index contributed by atoms with van der Waals surface area (Å²) in [7, 11) is 0. The summed E-state index contributed by atoms with van der Waals surface area (Å²) < 4.78 is 29.3. The number of carbonyl (C=O) groups is 1. The molecule has 12 heteroatoms. The molecule has 10 nitrogen and oxygen atoms in total. The van der Waals surface area contributed by atoms with Crippen LogP contribution in [0.25, 0.3) is 16.8 Å². The molecule has 0 unspecified atom stereocenters. The van der Waals surface area contributed by atoms with Crippen molar-refractivity contribution >= 4 is 17.3 Å². The summed E-state index contributed by atoms with van der Waals surface area (Å²) in [4.78, 5) is 32.0. The summed E-state index contributed by atoms with van der Waals surface area (Å²) in [6.07, 6.45) is 4.75. The number of halogens is 2. The quantitative estimate of drug-likeness (QED) is 0.293. The minimum Gasteiger partial charge on any atom is -0.395 e. The first kappa shape index (κ1) is 28.5. The third-order valence-corrected chi connectivity index (χ3v) is 7.06. The Morgan fingerprint density at radius 2 is 1.86 bits per heavy atom. The van der Waals surface area contributed by atoms with Gasteiger partial charge in [-0.2, -0.15) is 15.0 Å². The number of carbonyl (C=O) groups excluding carboxylic acids is 1. The minimum atomic E-state index is -0.996. The Morgan fingerprint density at radius 1 is 1.10 bits per heavy atom. The van der Waals surface area contributed by atoms with Crippen molar-refractivity contribution in [3.05, 3.63) is 100 Å². The Morgan fingerprint density at radius 3 is 2.57 bits per heavy atom. The van der Waals surface area contributed by atoms with Crippen LogP contribution in [0.5, 0.6) is 0 Å². The average molecular weight is 572 g/mol. The van der Waals surface area contributed by atoms with Crippen LogP contribution >= 0.6 is 0 Å². The Balaban J connectivity index is 1.49. The molecule has 5 rings (SSSR count). The molecule has 2 aromatic heterocycles. The van der Waals surface area contributed by atoms with Crippen molar-refractivity contribution in [1.29, 1.82) is 5.26 Å². The van der Waals surface area contributed by atoms with Gasteiger partial charge >= 0.3 is 0 Å². The highest BCUT2D eigenvalue weighted by Gasteiger charge is 2.23. The first-order valence-electron chi connectivity index (χ1n) is 13.3. The lowest BCUT2D eigenvalue weighted by atomic mass is 9.99. The van der Waals surface area contributed by atoms with Gasteiger partial charge in [0, 0.05) is 49.7 Å². The number of aliphatic hydroxyl groups excluding tert-OH is 1. The van der Waals surface area contributed by atoms with Crippen LogP contribution in [-0.2, 0) is 0 Å². The van der Waals surface area contributed by atoms with Gasteiger partial charge in [0.2, 0.25) is 0 Å². The van der Waals surface area contributed by atoms with Crippen LogP contribution in [0.1, 0.15) is 28.9 Å². The van der Waals surface area contributed by atoms with Crippen LogP contribution in [-0.4, -0.2) is 58.1 Å². The SMILES string of the molecule is N#Cc1ccncc1-c1ccc(NC(=O)c2ccc(=O)n(-c3c(F)cccc3F)n2)c(N2CCC(NCCO)CC2)c1. The van der Waals surface area contributed by atoms with Gasteiger partial charge < -0.3 is 20.6 Å². The third kappa shape index (κ3) is 6.02. The van der Waals surface area contributed by atoms with Crippen LogP contribution in [0.4, 0.5) is 20.2 Å². The highest BCUT2D eigenvalue weighted by Crippen LogP contribution is 2.34. The van der Waals surface area contributed by atoms with Crippen molar-refractivity contribution < 1.29 is 18.7 Å². The lowest BCUT2D eigenvalue weighted by Gasteiger charge is -2.35. The smallest absolute Gasteiger partial charge is 0.276 e. The maximum absolute atomic E-state index is 14.4. The Bertz CT molecular complexity index is 1690. The predicted molar refractivity (Wildman–Crippen MR) is 152 cm³/mol. The van der Waals surface area contributed by atoms with Crippen LogP contribution in [0.3, 0.4) is 0 Å². The number of hydrogen-bond donors (Lipinski definition) is 3. The van der Waals surface area contributed by atoms with Crippen molar-refractivity contribution in [3.8, 4) is 22.9 Å². The van der Waals surface area contributed by atoms with Gasteiger partial charge in [-0.15, -0.1) is 0 Å². The fraction of sp³-hybridized carbons (Fsp3) is 0.233. The van der Waals surface area contributed by atoms with Crippen LogP contribution < -0.4 is 21.1 Å². The van der Waals surface area contributed by atoms with Crippen molar-refractivity contribution in [2.45, 2.75) is 18.9 Å². The largest absolute Gasteiger partial charge is 0.395 e. The zero-order valence-electron chi connectivity index (χ0n) is 22.4. The molecular weight excluding hydrogens is 544 g/mol. The van der Waals surface area contributed by atoms with E-state index in [-0.39, 0.29) is 18.3 Å². The number of aliphatic hydroxyl groups is 1. The maximum atomic E-state index is 14.4. The van der Waals surface area contributed by atoms with Crippen LogP contribution in [0.2, 0.25) is 0 Å². The van der Waals surface area contributed by atoms with E-state index >= 15 is 0 Å². The molecule has 1 aliphatic heterocycles. The lowest BCUT2D eigenvalue weighted by Crippen LogP contribution is -2.43. The first-order valence-corrected chi connectivity index (χ1v) is 13.3. The van der Waals surface area contributed by atoms with Crippen LogP contribution in [0.15, 0.2) is 71.8 Å². The fourth-order valence-electron chi connectivity index (χ4n) is 4.95. The van der Waals surface area contributed by atoms with E-state index in [4.69, 9.17) is 5.11 Å². The van der Waals surface area contributed by atoms with Crippen molar-refractivity contribution in [2.75, 3.05) is 36.5 Å². The number of piperidine rings is 1. The normalized spacial score (nSPS) is 13.5. The fourth-order valence-corrected chi connectivity index (χ4v) is 4.95. The lowest BCUT2D eigenvalue weighted by molar-refractivity contribution is 0.102. The van der Waals surface area contributed by atoms with E-state index in [2.05, 4.69) is 31.7 Å². The van der Waals surface area contributed by atoms with Crippen molar-refractivity contribution in [2.24, 2.45) is 0 Å². The second-order valence-corrected chi connectivity index (χ2v) is 9.70. The zero-order valence-corrected chi connectivity index (χ0v) is 22.4. The molecule has 0 spiro atoms. The van der Waals surface area contributed by atoms with E-state index in [1.165, 1.54) is 6.07 Å². The molecule has 214 valence electrons. The number of nitrogens with one attached hydrogen (secondary N) is 2. The second-order valence-electron chi connectivity index (χ2n) is 9.70. The predicted octanol–water partition coefficient (Wildman–Crippen LogP) is 3.25. The molecular formula is C30H27F2N7O3. The Labute approximate surface area is 239 Å². The van der Waals surface area contributed by atoms with Gasteiger partial charge in [-0.05, 0) is 54.8 Å². The van der Waals surface area contributed by atoms with E-state index < -0.39 is 28.8 Å². The van der Waals surface area contributed by atoms with E-state index in [1.54, 1.807) is 30.6 Å². The average Bonchev–Trinajstić information content (AvgIpc) is 3.01. The number of nitriles is 1. The number of pyridine rings is 1. The monoisotopic (exact) mass is 571 g/mol.